The fraction of sp³-hybridized carbons (Fsp3) is 0.750. The lowest BCUT2D eigenvalue weighted by Crippen LogP contribution is -1.80. The van der Waals surface area contributed by atoms with Crippen molar-refractivity contribution in [2.45, 2.75) is 26.2 Å². The molecule has 10 heavy (non-hydrogen) atoms. The van der Waals surface area contributed by atoms with Crippen molar-refractivity contribution in [2.75, 3.05) is 12.3 Å². The van der Waals surface area contributed by atoms with E-state index in [1.807, 2.05) is 6.08 Å². The maximum Gasteiger partial charge on any atom is -0.00819 e. The maximum absolute atomic E-state index is 5.28. The van der Waals surface area contributed by atoms with E-state index in [-0.39, 0.29) is 0 Å². The molecule has 0 spiro atoms. The van der Waals surface area contributed by atoms with Gasteiger partial charge in [0.05, 0.1) is 0 Å². The molecule has 0 saturated carbocycles. The fourth-order valence-corrected chi connectivity index (χ4v) is 2.79. The highest BCUT2D eigenvalue weighted by Gasteiger charge is 1.90. The summed E-state index contributed by atoms with van der Waals surface area (Å²) < 4.78 is 0. The number of hydrogen-bond acceptors (Lipinski definition) is 1. The van der Waals surface area contributed by atoms with E-state index in [0.717, 1.165) is 6.16 Å². The molecule has 1 atom stereocenters. The van der Waals surface area contributed by atoms with E-state index in [9.17, 15) is 0 Å². The molecule has 0 nitrogen and oxygen atoms in total. The normalized spacial score (nSPS) is 12.9. The molecule has 0 aromatic carbocycles. The predicted molar refractivity (Wildman–Crippen MR) is 55.1 cm³/mol. The molecular weight excluding hydrogens is 159 g/mol. The smallest absolute Gasteiger partial charge is 0.00819 e. The zero-order valence-electron chi connectivity index (χ0n) is 6.73. The molecule has 1 unspecified atom stereocenters. The quantitative estimate of drug-likeness (QED) is 0.340. The second-order valence-electron chi connectivity index (χ2n) is 2.49. The van der Waals surface area contributed by atoms with E-state index in [1.54, 1.807) is 0 Å². The third kappa shape index (κ3) is 6.51. The Hall–Kier alpha value is 0.390. The van der Waals surface area contributed by atoms with Crippen LogP contribution in [0.25, 0.3) is 0 Å². The van der Waals surface area contributed by atoms with Gasteiger partial charge in [-0.1, -0.05) is 32.5 Å². The van der Waals surface area contributed by atoms with E-state index >= 15 is 0 Å². The van der Waals surface area contributed by atoms with Gasteiger partial charge in [0.2, 0.25) is 0 Å². The summed E-state index contributed by atoms with van der Waals surface area (Å²) in [5.41, 5.74) is 0. The van der Waals surface area contributed by atoms with Crippen molar-refractivity contribution in [3.63, 3.8) is 0 Å². The Kier molecular flexibility index (Phi) is 7.79. The number of allylic oxidation sites excluding steroid dienone is 1. The van der Waals surface area contributed by atoms with Gasteiger partial charge in [-0.3, -0.25) is 0 Å². The molecule has 0 amide bonds. The average Bonchev–Trinajstić information content (AvgIpc) is 1.89. The van der Waals surface area contributed by atoms with Crippen molar-refractivity contribution in [1.82, 2.24) is 0 Å². The summed E-state index contributed by atoms with van der Waals surface area (Å²) >= 11 is 5.28. The Bertz CT molecular complexity index is 110. The highest BCUT2D eigenvalue weighted by Crippen LogP contribution is 2.22. The average molecular weight is 176 g/mol. The summed E-state index contributed by atoms with van der Waals surface area (Å²) in [5.74, 6) is 0. The first kappa shape index (κ1) is 10.4. The lowest BCUT2D eigenvalue weighted by Gasteiger charge is -1.99. The lowest BCUT2D eigenvalue weighted by atomic mass is 10.3. The molecular formula is C8H17PS. The summed E-state index contributed by atoms with van der Waals surface area (Å²) in [6, 6.07) is 0. The highest BCUT2D eigenvalue weighted by molar-refractivity contribution is 8.05. The van der Waals surface area contributed by atoms with Crippen LogP contribution >= 0.6 is 6.70 Å². The second-order valence-corrected chi connectivity index (χ2v) is 6.21. The maximum atomic E-state index is 5.28. The van der Waals surface area contributed by atoms with E-state index in [4.69, 9.17) is 11.8 Å². The molecule has 0 aromatic rings. The summed E-state index contributed by atoms with van der Waals surface area (Å²) in [5, 5.41) is 0. The van der Waals surface area contributed by atoms with Crippen LogP contribution in [0.5, 0.6) is 0 Å². The molecule has 0 radical (unpaired) electrons. The first-order valence-electron chi connectivity index (χ1n) is 3.93. The van der Waals surface area contributed by atoms with Crippen LogP contribution in [0.15, 0.2) is 12.7 Å². The minimum Gasteiger partial charge on any atom is -0.103 e. The van der Waals surface area contributed by atoms with Crippen LogP contribution < -0.4 is 0 Å². The molecule has 0 aromatic heterocycles. The third-order valence-corrected chi connectivity index (χ3v) is 4.20. The van der Waals surface area contributed by atoms with E-state index in [1.165, 1.54) is 25.4 Å². The largest absolute Gasteiger partial charge is 0.103 e. The van der Waals surface area contributed by atoms with Crippen LogP contribution in [0.2, 0.25) is 0 Å². The van der Waals surface area contributed by atoms with E-state index in [0.29, 0.717) is 0 Å². The standard InChI is InChI=1S/C8H17PS/c1-3-5-6-8-9(10)7-4-2/h4,9H,2-3,5-8H2,1H3. The van der Waals surface area contributed by atoms with Gasteiger partial charge in [-0.2, -0.15) is 0 Å². The molecule has 0 heterocycles. The Morgan fingerprint density at radius 1 is 1.50 bits per heavy atom. The van der Waals surface area contributed by atoms with Crippen LogP contribution in [0.3, 0.4) is 0 Å². The Labute approximate surface area is 70.1 Å². The minimum absolute atomic E-state index is 0.448. The molecule has 0 aliphatic carbocycles. The molecule has 0 saturated heterocycles. The summed E-state index contributed by atoms with van der Waals surface area (Å²) in [6.45, 7) is 5.47. The fourth-order valence-electron chi connectivity index (χ4n) is 0.835. The third-order valence-electron chi connectivity index (χ3n) is 1.43. The van der Waals surface area contributed by atoms with Gasteiger partial charge in [0.1, 0.15) is 0 Å². The van der Waals surface area contributed by atoms with Gasteiger partial charge in [-0.15, -0.1) is 18.4 Å². The van der Waals surface area contributed by atoms with Crippen LogP contribution in [0.4, 0.5) is 0 Å². The topological polar surface area (TPSA) is 0 Å². The zero-order chi connectivity index (χ0) is 7.82. The van der Waals surface area contributed by atoms with Crippen molar-refractivity contribution < 1.29 is 0 Å². The zero-order valence-corrected chi connectivity index (χ0v) is 8.54. The number of unbranched alkanes of at least 4 members (excludes halogenated alkanes) is 2. The summed E-state index contributed by atoms with van der Waals surface area (Å²) in [7, 11) is 0. The summed E-state index contributed by atoms with van der Waals surface area (Å²) in [4.78, 5) is 0. The van der Waals surface area contributed by atoms with Crippen LogP contribution in [-0.4, -0.2) is 12.3 Å². The van der Waals surface area contributed by atoms with Crippen molar-refractivity contribution in [2.24, 2.45) is 0 Å². The van der Waals surface area contributed by atoms with Crippen molar-refractivity contribution in [3.8, 4) is 0 Å². The van der Waals surface area contributed by atoms with Crippen LogP contribution in [-0.2, 0) is 11.8 Å². The van der Waals surface area contributed by atoms with E-state index < -0.39 is 6.70 Å². The Morgan fingerprint density at radius 3 is 2.70 bits per heavy atom. The van der Waals surface area contributed by atoms with Crippen molar-refractivity contribution in [1.29, 1.82) is 0 Å². The van der Waals surface area contributed by atoms with Crippen molar-refractivity contribution >= 4 is 18.5 Å². The molecule has 60 valence electrons. The minimum atomic E-state index is -0.448. The van der Waals surface area contributed by atoms with Gasteiger partial charge in [-0.25, -0.2) is 0 Å². The van der Waals surface area contributed by atoms with Gasteiger partial charge in [0.25, 0.3) is 0 Å². The lowest BCUT2D eigenvalue weighted by molar-refractivity contribution is 0.777. The molecule has 0 aliphatic heterocycles. The summed E-state index contributed by atoms with van der Waals surface area (Å²) in [6.07, 6.45) is 8.35. The number of hydrogen-bond donors (Lipinski definition) is 0. The molecule has 0 N–H and O–H groups in total. The van der Waals surface area contributed by atoms with Gasteiger partial charge >= 0.3 is 0 Å². The number of rotatable bonds is 6. The first-order chi connectivity index (χ1) is 4.81. The first-order valence-corrected chi connectivity index (χ1v) is 6.98. The molecule has 0 bridgehead atoms. The Morgan fingerprint density at radius 2 is 2.20 bits per heavy atom. The second kappa shape index (κ2) is 7.50. The van der Waals surface area contributed by atoms with E-state index in [2.05, 4.69) is 13.5 Å². The molecule has 2 heteroatoms. The molecule has 0 aliphatic rings. The SMILES string of the molecule is C=CC[PH](=S)CCCCC. The molecule has 0 fully saturated rings. The van der Waals surface area contributed by atoms with Gasteiger partial charge in [0, 0.05) is 0 Å². The molecule has 0 rings (SSSR count). The van der Waals surface area contributed by atoms with Gasteiger partial charge in [0.15, 0.2) is 0 Å². The highest BCUT2D eigenvalue weighted by atomic mass is 32.4. The Balaban J connectivity index is 3.13. The van der Waals surface area contributed by atoms with Gasteiger partial charge < -0.3 is 0 Å². The predicted octanol–water partition coefficient (Wildman–Crippen LogP) is 3.04. The van der Waals surface area contributed by atoms with Crippen LogP contribution in [0, 0.1) is 0 Å². The monoisotopic (exact) mass is 176 g/mol. The van der Waals surface area contributed by atoms with Gasteiger partial charge in [-0.05, 0) is 18.7 Å². The van der Waals surface area contributed by atoms with Crippen molar-refractivity contribution in [3.05, 3.63) is 12.7 Å². The van der Waals surface area contributed by atoms with Crippen LogP contribution in [0.1, 0.15) is 26.2 Å².